The number of rotatable bonds is 7. The van der Waals surface area contributed by atoms with Crippen LogP contribution in [0.1, 0.15) is 5.56 Å². The lowest BCUT2D eigenvalue weighted by Gasteiger charge is -2.05. The van der Waals surface area contributed by atoms with Crippen LogP contribution in [0.4, 0.5) is 0 Å². The van der Waals surface area contributed by atoms with Gasteiger partial charge in [0.15, 0.2) is 5.16 Å². The van der Waals surface area contributed by atoms with E-state index in [1.165, 1.54) is 11.9 Å². The molecular formula is C12H16N4OS. The Hall–Kier alpha value is -1.37. The van der Waals surface area contributed by atoms with Gasteiger partial charge in [-0.15, -0.1) is 0 Å². The number of nitrogens with one attached hydrogen (secondary N) is 2. The smallest absolute Gasteiger partial charge is 0.188 e. The van der Waals surface area contributed by atoms with E-state index < -0.39 is 0 Å². The molecule has 0 aliphatic rings. The van der Waals surface area contributed by atoms with Crippen molar-refractivity contribution in [2.75, 3.05) is 20.3 Å². The van der Waals surface area contributed by atoms with Crippen LogP contribution < -0.4 is 5.32 Å². The van der Waals surface area contributed by atoms with Crippen LogP contribution in [-0.2, 0) is 11.3 Å². The van der Waals surface area contributed by atoms with E-state index in [4.69, 9.17) is 4.74 Å². The van der Waals surface area contributed by atoms with E-state index in [1.807, 2.05) is 0 Å². The predicted molar refractivity (Wildman–Crippen MR) is 70.5 cm³/mol. The molecule has 0 aliphatic carbocycles. The third-order valence-corrected chi connectivity index (χ3v) is 3.24. The highest BCUT2D eigenvalue weighted by molar-refractivity contribution is 7.99. The third-order valence-electron chi connectivity index (χ3n) is 2.34. The van der Waals surface area contributed by atoms with Crippen LogP contribution in [0.15, 0.2) is 40.6 Å². The first-order valence-corrected chi connectivity index (χ1v) is 6.52. The monoisotopic (exact) mass is 264 g/mol. The van der Waals surface area contributed by atoms with Crippen molar-refractivity contribution in [3.05, 3.63) is 36.2 Å². The molecule has 1 aromatic carbocycles. The molecule has 0 aliphatic heterocycles. The fraction of sp³-hybridized carbons (Fsp3) is 0.333. The highest BCUT2D eigenvalue weighted by Gasteiger charge is 2.00. The van der Waals surface area contributed by atoms with E-state index in [0.717, 1.165) is 29.7 Å². The summed E-state index contributed by atoms with van der Waals surface area (Å²) in [7, 11) is 1.71. The van der Waals surface area contributed by atoms with Crippen molar-refractivity contribution in [1.29, 1.82) is 0 Å². The fourth-order valence-electron chi connectivity index (χ4n) is 1.44. The van der Waals surface area contributed by atoms with Crippen LogP contribution in [-0.4, -0.2) is 35.4 Å². The SMILES string of the molecule is COCCNCc1ccc(Sc2ncn[nH]2)cc1. The second-order valence-electron chi connectivity index (χ2n) is 3.71. The number of nitrogens with zero attached hydrogens (tertiary/aromatic N) is 2. The average Bonchev–Trinajstić information content (AvgIpc) is 2.89. The first kappa shape index (κ1) is 13.1. The number of benzene rings is 1. The van der Waals surface area contributed by atoms with E-state index in [9.17, 15) is 0 Å². The Kier molecular flexibility index (Phi) is 5.19. The molecule has 1 aromatic heterocycles. The molecule has 18 heavy (non-hydrogen) atoms. The molecule has 2 rings (SSSR count). The normalized spacial score (nSPS) is 10.7. The summed E-state index contributed by atoms with van der Waals surface area (Å²) in [5, 5.41) is 10.8. The van der Waals surface area contributed by atoms with Crippen molar-refractivity contribution in [1.82, 2.24) is 20.5 Å². The first-order chi connectivity index (χ1) is 8.88. The van der Waals surface area contributed by atoms with Crippen molar-refractivity contribution in [2.45, 2.75) is 16.6 Å². The zero-order valence-electron chi connectivity index (χ0n) is 10.2. The number of aromatic amines is 1. The molecule has 0 atom stereocenters. The summed E-state index contributed by atoms with van der Waals surface area (Å²) < 4.78 is 4.98. The summed E-state index contributed by atoms with van der Waals surface area (Å²) in [6, 6.07) is 8.39. The topological polar surface area (TPSA) is 62.8 Å². The van der Waals surface area contributed by atoms with Gasteiger partial charge in [-0.3, -0.25) is 5.10 Å². The first-order valence-electron chi connectivity index (χ1n) is 5.70. The average molecular weight is 264 g/mol. The van der Waals surface area contributed by atoms with Crippen LogP contribution in [0.25, 0.3) is 0 Å². The molecule has 0 fully saturated rings. The Labute approximate surface area is 110 Å². The van der Waals surface area contributed by atoms with Gasteiger partial charge in [0.25, 0.3) is 0 Å². The number of ether oxygens (including phenoxy) is 1. The van der Waals surface area contributed by atoms with Gasteiger partial charge in [0, 0.05) is 25.1 Å². The number of aromatic nitrogens is 3. The number of hydrogen-bond acceptors (Lipinski definition) is 5. The van der Waals surface area contributed by atoms with Gasteiger partial charge in [-0.05, 0) is 17.7 Å². The summed E-state index contributed by atoms with van der Waals surface area (Å²) in [4.78, 5) is 5.22. The molecule has 0 amide bonds. The molecule has 0 bridgehead atoms. The Morgan fingerprint density at radius 1 is 1.33 bits per heavy atom. The maximum atomic E-state index is 4.98. The Morgan fingerprint density at radius 2 is 2.17 bits per heavy atom. The van der Waals surface area contributed by atoms with E-state index in [2.05, 4.69) is 44.8 Å². The standard InChI is InChI=1S/C12H16N4OS/c1-17-7-6-13-8-10-2-4-11(5-3-10)18-12-14-9-15-16-12/h2-5,9,13H,6-8H2,1H3,(H,14,15,16). The van der Waals surface area contributed by atoms with Gasteiger partial charge in [0.05, 0.1) is 6.61 Å². The quantitative estimate of drug-likeness (QED) is 0.745. The minimum Gasteiger partial charge on any atom is -0.383 e. The van der Waals surface area contributed by atoms with Gasteiger partial charge in [0.2, 0.25) is 0 Å². The number of hydrogen-bond donors (Lipinski definition) is 2. The maximum absolute atomic E-state index is 4.98. The van der Waals surface area contributed by atoms with Crippen molar-refractivity contribution in [3.8, 4) is 0 Å². The molecule has 2 N–H and O–H groups in total. The van der Waals surface area contributed by atoms with E-state index in [0.29, 0.717) is 0 Å². The van der Waals surface area contributed by atoms with Crippen molar-refractivity contribution >= 4 is 11.8 Å². The maximum Gasteiger partial charge on any atom is 0.188 e. The van der Waals surface area contributed by atoms with Gasteiger partial charge >= 0.3 is 0 Å². The Balaban J connectivity index is 1.82. The summed E-state index contributed by atoms with van der Waals surface area (Å²) >= 11 is 1.57. The van der Waals surface area contributed by atoms with Crippen LogP contribution in [0.3, 0.4) is 0 Å². The highest BCUT2D eigenvalue weighted by atomic mass is 32.2. The number of H-pyrrole nitrogens is 1. The van der Waals surface area contributed by atoms with Gasteiger partial charge in [-0.2, -0.15) is 5.10 Å². The van der Waals surface area contributed by atoms with E-state index >= 15 is 0 Å². The second kappa shape index (κ2) is 7.15. The minimum atomic E-state index is 0.736. The summed E-state index contributed by atoms with van der Waals surface area (Å²) in [5.41, 5.74) is 1.26. The van der Waals surface area contributed by atoms with E-state index in [1.54, 1.807) is 18.9 Å². The van der Waals surface area contributed by atoms with Gasteiger partial charge < -0.3 is 10.1 Å². The molecule has 5 nitrogen and oxygen atoms in total. The Morgan fingerprint density at radius 3 is 2.83 bits per heavy atom. The summed E-state index contributed by atoms with van der Waals surface area (Å²) in [5.74, 6) is 0. The molecule has 0 saturated carbocycles. The Bertz CT molecular complexity index is 444. The molecule has 0 saturated heterocycles. The zero-order chi connectivity index (χ0) is 12.6. The highest BCUT2D eigenvalue weighted by Crippen LogP contribution is 2.23. The molecule has 1 heterocycles. The molecule has 96 valence electrons. The van der Waals surface area contributed by atoms with Crippen molar-refractivity contribution in [3.63, 3.8) is 0 Å². The van der Waals surface area contributed by atoms with Crippen LogP contribution in [0.2, 0.25) is 0 Å². The summed E-state index contributed by atoms with van der Waals surface area (Å²) in [6.45, 7) is 2.46. The fourth-order valence-corrected chi connectivity index (χ4v) is 2.13. The predicted octanol–water partition coefficient (Wildman–Crippen LogP) is 1.69. The lowest BCUT2D eigenvalue weighted by atomic mass is 10.2. The molecular weight excluding hydrogens is 248 g/mol. The van der Waals surface area contributed by atoms with Gasteiger partial charge in [0.1, 0.15) is 6.33 Å². The van der Waals surface area contributed by atoms with Gasteiger partial charge in [-0.1, -0.05) is 23.9 Å². The van der Waals surface area contributed by atoms with Gasteiger partial charge in [-0.25, -0.2) is 4.98 Å². The minimum absolute atomic E-state index is 0.736. The number of methoxy groups -OCH3 is 1. The third kappa shape index (κ3) is 4.14. The molecule has 0 unspecified atom stereocenters. The largest absolute Gasteiger partial charge is 0.383 e. The molecule has 6 heteroatoms. The second-order valence-corrected chi connectivity index (χ2v) is 4.77. The molecule has 2 aromatic rings. The van der Waals surface area contributed by atoms with E-state index in [-0.39, 0.29) is 0 Å². The molecule has 0 radical (unpaired) electrons. The van der Waals surface area contributed by atoms with Crippen LogP contribution in [0.5, 0.6) is 0 Å². The lowest BCUT2D eigenvalue weighted by Crippen LogP contribution is -2.18. The zero-order valence-corrected chi connectivity index (χ0v) is 11.0. The van der Waals surface area contributed by atoms with Crippen LogP contribution >= 0.6 is 11.8 Å². The van der Waals surface area contributed by atoms with Crippen LogP contribution in [0, 0.1) is 0 Å². The van der Waals surface area contributed by atoms with Crippen molar-refractivity contribution in [2.24, 2.45) is 0 Å². The lowest BCUT2D eigenvalue weighted by molar-refractivity contribution is 0.199. The summed E-state index contributed by atoms with van der Waals surface area (Å²) in [6.07, 6.45) is 1.51. The molecule has 0 spiro atoms. The van der Waals surface area contributed by atoms with Crippen molar-refractivity contribution < 1.29 is 4.74 Å².